The lowest BCUT2D eigenvalue weighted by atomic mass is 10.4. The molecular formula is C11H11NOS2. The molecule has 2 aromatic rings. The average molecular weight is 237 g/mol. The quantitative estimate of drug-likeness (QED) is 0.862. The monoisotopic (exact) mass is 237 g/mol. The first-order chi connectivity index (χ1) is 7.31. The summed E-state index contributed by atoms with van der Waals surface area (Å²) in [6, 6.07) is 10.1. The van der Waals surface area contributed by atoms with Gasteiger partial charge in [-0.2, -0.15) is 0 Å². The molecule has 2 nitrogen and oxygen atoms in total. The summed E-state index contributed by atoms with van der Waals surface area (Å²) in [4.78, 5) is 3.02. The Morgan fingerprint density at radius 1 is 1.27 bits per heavy atom. The Morgan fingerprint density at radius 2 is 2.00 bits per heavy atom. The van der Waals surface area contributed by atoms with Gasteiger partial charge in [0.2, 0.25) is 0 Å². The number of nitrogen functional groups attached to an aromatic ring is 1. The molecule has 0 aliphatic heterocycles. The van der Waals surface area contributed by atoms with Crippen molar-refractivity contribution in [2.45, 2.75) is 16.4 Å². The molecule has 4 heteroatoms. The minimum absolute atomic E-state index is 0.0197. The maximum Gasteiger partial charge on any atom is 0.0795 e. The van der Waals surface area contributed by atoms with Gasteiger partial charge in [-0.25, -0.2) is 0 Å². The van der Waals surface area contributed by atoms with Crippen molar-refractivity contribution in [2.24, 2.45) is 0 Å². The highest BCUT2D eigenvalue weighted by atomic mass is 32.2. The minimum Gasteiger partial charge on any atom is -0.397 e. The lowest BCUT2D eigenvalue weighted by Gasteiger charge is -2.00. The van der Waals surface area contributed by atoms with Gasteiger partial charge in [0.1, 0.15) is 0 Å². The van der Waals surface area contributed by atoms with Crippen LogP contribution in [-0.2, 0) is 6.61 Å². The first-order valence-corrected chi connectivity index (χ1v) is 6.20. The molecule has 0 spiro atoms. The van der Waals surface area contributed by atoms with Gasteiger partial charge in [-0.1, -0.05) is 30.0 Å². The molecule has 0 fully saturated rings. The van der Waals surface area contributed by atoms with Gasteiger partial charge in [-0.05, 0) is 12.1 Å². The number of aliphatic hydroxyl groups excluding tert-OH is 1. The van der Waals surface area contributed by atoms with Crippen LogP contribution in [0.1, 0.15) is 4.88 Å². The lowest BCUT2D eigenvalue weighted by Crippen LogP contribution is -1.89. The molecule has 0 bridgehead atoms. The van der Waals surface area contributed by atoms with Gasteiger partial charge in [0.25, 0.3) is 0 Å². The van der Waals surface area contributed by atoms with Crippen LogP contribution in [-0.4, -0.2) is 5.11 Å². The van der Waals surface area contributed by atoms with E-state index in [1.807, 2.05) is 35.7 Å². The normalized spacial score (nSPS) is 10.5. The molecule has 0 unspecified atom stereocenters. The van der Waals surface area contributed by atoms with E-state index < -0.39 is 0 Å². The Morgan fingerprint density at radius 3 is 2.60 bits per heavy atom. The Balaban J connectivity index is 2.21. The number of aliphatic hydroxyl groups is 1. The molecular weight excluding hydrogens is 226 g/mol. The van der Waals surface area contributed by atoms with E-state index in [-0.39, 0.29) is 6.61 Å². The predicted octanol–water partition coefficient (Wildman–Crippen LogP) is 2.97. The first kappa shape index (κ1) is 10.5. The number of benzene rings is 1. The fourth-order valence-electron chi connectivity index (χ4n) is 1.21. The van der Waals surface area contributed by atoms with E-state index in [2.05, 4.69) is 0 Å². The molecule has 0 saturated carbocycles. The minimum atomic E-state index is 0.0197. The van der Waals surface area contributed by atoms with Crippen LogP contribution in [0.2, 0.25) is 0 Å². The van der Waals surface area contributed by atoms with E-state index in [4.69, 9.17) is 10.8 Å². The van der Waals surface area contributed by atoms with E-state index in [0.29, 0.717) is 5.69 Å². The fourth-order valence-corrected chi connectivity index (χ4v) is 3.08. The van der Waals surface area contributed by atoms with E-state index in [1.165, 1.54) is 11.3 Å². The Hall–Kier alpha value is -0.970. The molecule has 78 valence electrons. The SMILES string of the molecule is Nc1c(Sc2ccccc2)csc1CO. The van der Waals surface area contributed by atoms with Crippen LogP contribution in [0, 0.1) is 0 Å². The maximum absolute atomic E-state index is 9.02. The van der Waals surface area contributed by atoms with Crippen molar-refractivity contribution in [3.05, 3.63) is 40.6 Å². The second-order valence-corrected chi connectivity index (χ2v) is 5.09. The standard InChI is InChI=1S/C11H11NOS2/c12-11-9(6-13)14-7-10(11)15-8-4-2-1-3-5-8/h1-5,7,13H,6,12H2. The summed E-state index contributed by atoms with van der Waals surface area (Å²) in [5.41, 5.74) is 6.60. The van der Waals surface area contributed by atoms with Gasteiger partial charge in [-0.3, -0.25) is 0 Å². The maximum atomic E-state index is 9.02. The van der Waals surface area contributed by atoms with Gasteiger partial charge in [0, 0.05) is 15.2 Å². The van der Waals surface area contributed by atoms with Crippen molar-refractivity contribution < 1.29 is 5.11 Å². The number of hydrogen-bond acceptors (Lipinski definition) is 4. The number of hydrogen-bond donors (Lipinski definition) is 2. The van der Waals surface area contributed by atoms with Crippen LogP contribution >= 0.6 is 23.1 Å². The van der Waals surface area contributed by atoms with Crippen LogP contribution in [0.15, 0.2) is 45.5 Å². The number of nitrogens with two attached hydrogens (primary N) is 1. The molecule has 1 aromatic heterocycles. The third-order valence-corrected chi connectivity index (χ3v) is 4.19. The topological polar surface area (TPSA) is 46.2 Å². The zero-order chi connectivity index (χ0) is 10.7. The largest absolute Gasteiger partial charge is 0.397 e. The molecule has 1 aromatic carbocycles. The molecule has 0 aliphatic rings. The van der Waals surface area contributed by atoms with Gasteiger partial charge >= 0.3 is 0 Å². The van der Waals surface area contributed by atoms with Crippen molar-refractivity contribution in [3.63, 3.8) is 0 Å². The molecule has 0 aliphatic carbocycles. The van der Waals surface area contributed by atoms with E-state index in [9.17, 15) is 0 Å². The zero-order valence-electron chi connectivity index (χ0n) is 8.01. The molecule has 0 radical (unpaired) electrons. The first-order valence-electron chi connectivity index (χ1n) is 4.51. The Labute approximate surface area is 96.8 Å². The molecule has 2 rings (SSSR count). The highest BCUT2D eigenvalue weighted by Gasteiger charge is 2.08. The third kappa shape index (κ3) is 2.34. The summed E-state index contributed by atoms with van der Waals surface area (Å²) in [5, 5.41) is 11.0. The third-order valence-electron chi connectivity index (χ3n) is 1.99. The van der Waals surface area contributed by atoms with Crippen molar-refractivity contribution in [1.82, 2.24) is 0 Å². The van der Waals surface area contributed by atoms with Crippen LogP contribution in [0.5, 0.6) is 0 Å². The van der Waals surface area contributed by atoms with Gasteiger partial charge < -0.3 is 10.8 Å². The summed E-state index contributed by atoms with van der Waals surface area (Å²) in [6.07, 6.45) is 0. The molecule has 0 saturated heterocycles. The summed E-state index contributed by atoms with van der Waals surface area (Å²) < 4.78 is 0. The van der Waals surface area contributed by atoms with Gasteiger partial charge in [-0.15, -0.1) is 11.3 Å². The van der Waals surface area contributed by atoms with Crippen molar-refractivity contribution in [3.8, 4) is 0 Å². The fraction of sp³-hybridized carbons (Fsp3) is 0.0909. The summed E-state index contributed by atoms with van der Waals surface area (Å²) >= 11 is 3.12. The van der Waals surface area contributed by atoms with Gasteiger partial charge in [0.05, 0.1) is 17.2 Å². The van der Waals surface area contributed by atoms with E-state index >= 15 is 0 Å². The van der Waals surface area contributed by atoms with Crippen molar-refractivity contribution >= 4 is 28.8 Å². The van der Waals surface area contributed by atoms with Gasteiger partial charge in [0.15, 0.2) is 0 Å². The number of anilines is 1. The Bertz CT molecular complexity index is 439. The summed E-state index contributed by atoms with van der Waals surface area (Å²) in [6.45, 7) is 0.0197. The summed E-state index contributed by atoms with van der Waals surface area (Å²) in [5.74, 6) is 0. The highest BCUT2D eigenvalue weighted by Crippen LogP contribution is 2.37. The molecule has 0 amide bonds. The number of thiophene rings is 1. The smallest absolute Gasteiger partial charge is 0.0795 e. The second-order valence-electron chi connectivity index (χ2n) is 3.01. The average Bonchev–Trinajstić information content (AvgIpc) is 2.62. The van der Waals surface area contributed by atoms with Crippen LogP contribution in [0.3, 0.4) is 0 Å². The lowest BCUT2D eigenvalue weighted by molar-refractivity contribution is 0.286. The molecule has 3 N–H and O–H groups in total. The van der Waals surface area contributed by atoms with Crippen LogP contribution in [0.4, 0.5) is 5.69 Å². The van der Waals surface area contributed by atoms with E-state index in [0.717, 1.165) is 14.7 Å². The summed E-state index contributed by atoms with van der Waals surface area (Å²) in [7, 11) is 0. The highest BCUT2D eigenvalue weighted by molar-refractivity contribution is 7.99. The number of rotatable bonds is 3. The predicted molar refractivity (Wildman–Crippen MR) is 65.2 cm³/mol. The van der Waals surface area contributed by atoms with E-state index in [1.54, 1.807) is 11.8 Å². The van der Waals surface area contributed by atoms with Crippen LogP contribution in [0.25, 0.3) is 0 Å². The zero-order valence-corrected chi connectivity index (χ0v) is 9.65. The van der Waals surface area contributed by atoms with Crippen LogP contribution < -0.4 is 5.73 Å². The van der Waals surface area contributed by atoms with Crippen molar-refractivity contribution in [2.75, 3.05) is 5.73 Å². The molecule has 0 atom stereocenters. The molecule has 15 heavy (non-hydrogen) atoms. The molecule has 1 heterocycles. The Kier molecular flexibility index (Phi) is 3.30. The second kappa shape index (κ2) is 4.70. The van der Waals surface area contributed by atoms with Crippen molar-refractivity contribution in [1.29, 1.82) is 0 Å².